The molecular formula is C22H19Cl4N7O. The molecule has 8 nitrogen and oxygen atoms in total. The predicted octanol–water partition coefficient (Wildman–Crippen LogP) is 5.05. The molecule has 0 bridgehead atoms. The second-order valence-electron chi connectivity index (χ2n) is 7.92. The van der Waals surface area contributed by atoms with Gasteiger partial charge in [0, 0.05) is 30.4 Å². The monoisotopic (exact) mass is 537 g/mol. The van der Waals surface area contributed by atoms with Gasteiger partial charge in [0.25, 0.3) is 5.91 Å². The van der Waals surface area contributed by atoms with Crippen LogP contribution >= 0.6 is 46.4 Å². The predicted molar refractivity (Wildman–Crippen MR) is 132 cm³/mol. The fourth-order valence-corrected chi connectivity index (χ4v) is 4.73. The fourth-order valence-electron chi connectivity index (χ4n) is 3.59. The molecule has 0 saturated heterocycles. The van der Waals surface area contributed by atoms with E-state index in [1.807, 2.05) is 32.3 Å². The zero-order valence-electron chi connectivity index (χ0n) is 18.4. The number of carbonyl (C=O) groups is 1. The zero-order valence-corrected chi connectivity index (χ0v) is 21.4. The van der Waals surface area contributed by atoms with Gasteiger partial charge in [-0.05, 0) is 38.1 Å². The molecule has 34 heavy (non-hydrogen) atoms. The zero-order chi connectivity index (χ0) is 24.6. The van der Waals surface area contributed by atoms with E-state index in [1.54, 1.807) is 36.0 Å². The third-order valence-electron chi connectivity index (χ3n) is 5.53. The molecule has 0 aliphatic heterocycles. The third-order valence-corrected chi connectivity index (χ3v) is 6.53. The Bertz CT molecular complexity index is 1360. The van der Waals surface area contributed by atoms with Gasteiger partial charge in [0.05, 0.1) is 33.0 Å². The van der Waals surface area contributed by atoms with Crippen molar-refractivity contribution in [2.45, 2.75) is 19.3 Å². The minimum absolute atomic E-state index is 0.134. The first-order valence-corrected chi connectivity index (χ1v) is 11.6. The minimum Gasteiger partial charge on any atom is -0.349 e. The van der Waals surface area contributed by atoms with E-state index >= 15 is 0 Å². The number of hydrogen-bond acceptors (Lipinski definition) is 5. The SMILES string of the molecule is Cc1c(C(=O)NCC(C)(c2cnn(C)c2)c2cccc(Cl)n2)nnn1-c1c(Cl)cc(Cl)cc1Cl. The molecule has 4 aromatic rings. The molecule has 3 aromatic heterocycles. The average molecular weight is 539 g/mol. The molecule has 0 aliphatic rings. The van der Waals surface area contributed by atoms with Gasteiger partial charge in [0.2, 0.25) is 0 Å². The quantitative estimate of drug-likeness (QED) is 0.347. The van der Waals surface area contributed by atoms with Crippen molar-refractivity contribution in [2.24, 2.45) is 7.05 Å². The smallest absolute Gasteiger partial charge is 0.273 e. The first kappa shape index (κ1) is 24.5. The Morgan fingerprint density at radius 2 is 1.85 bits per heavy atom. The van der Waals surface area contributed by atoms with E-state index in [0.717, 1.165) is 5.56 Å². The largest absolute Gasteiger partial charge is 0.349 e. The molecule has 0 spiro atoms. The van der Waals surface area contributed by atoms with Crippen LogP contribution in [0.5, 0.6) is 0 Å². The summed E-state index contributed by atoms with van der Waals surface area (Å²) in [6.07, 6.45) is 3.61. The Kier molecular flexibility index (Phi) is 6.87. The van der Waals surface area contributed by atoms with E-state index in [1.165, 1.54) is 4.68 Å². The standard InChI is InChI=1S/C22H19Cl4N7O/c1-12-19(30-31-33(12)20-15(24)7-14(23)8-16(20)25)21(34)27-11-22(2,13-9-28-32(3)10-13)17-5-4-6-18(26)29-17/h4-10H,11H2,1-3H3,(H,27,34). The highest BCUT2D eigenvalue weighted by Gasteiger charge is 2.33. The van der Waals surface area contributed by atoms with E-state index in [-0.39, 0.29) is 22.3 Å². The highest BCUT2D eigenvalue weighted by molar-refractivity contribution is 6.40. The Hall–Kier alpha value is -2.65. The Morgan fingerprint density at radius 1 is 1.15 bits per heavy atom. The van der Waals surface area contributed by atoms with Crippen molar-refractivity contribution in [3.63, 3.8) is 0 Å². The van der Waals surface area contributed by atoms with Crippen molar-refractivity contribution in [3.05, 3.63) is 85.6 Å². The molecule has 0 radical (unpaired) electrons. The van der Waals surface area contributed by atoms with Crippen LogP contribution in [0.2, 0.25) is 20.2 Å². The van der Waals surface area contributed by atoms with Gasteiger partial charge in [0.1, 0.15) is 10.8 Å². The normalized spacial score (nSPS) is 13.0. The molecular weight excluding hydrogens is 520 g/mol. The van der Waals surface area contributed by atoms with Crippen molar-refractivity contribution in [3.8, 4) is 5.69 Å². The Labute approximate surface area is 215 Å². The van der Waals surface area contributed by atoms with Gasteiger partial charge >= 0.3 is 0 Å². The first-order chi connectivity index (χ1) is 16.1. The first-order valence-electron chi connectivity index (χ1n) is 10.1. The van der Waals surface area contributed by atoms with Gasteiger partial charge in [-0.1, -0.05) is 57.7 Å². The van der Waals surface area contributed by atoms with Crippen LogP contribution in [-0.4, -0.2) is 42.2 Å². The highest BCUT2D eigenvalue weighted by atomic mass is 35.5. The number of nitrogens with zero attached hydrogens (tertiary/aromatic N) is 6. The molecule has 176 valence electrons. The van der Waals surface area contributed by atoms with Gasteiger partial charge in [-0.15, -0.1) is 5.10 Å². The number of hydrogen-bond donors (Lipinski definition) is 1. The van der Waals surface area contributed by atoms with Crippen LogP contribution in [-0.2, 0) is 12.5 Å². The van der Waals surface area contributed by atoms with Crippen LogP contribution in [0.1, 0.15) is 34.4 Å². The number of pyridine rings is 1. The summed E-state index contributed by atoms with van der Waals surface area (Å²) in [4.78, 5) is 17.6. The number of amides is 1. The summed E-state index contributed by atoms with van der Waals surface area (Å²) < 4.78 is 3.10. The average Bonchev–Trinajstić information content (AvgIpc) is 3.37. The maximum absolute atomic E-state index is 13.1. The topological polar surface area (TPSA) is 90.5 Å². The lowest BCUT2D eigenvalue weighted by atomic mass is 9.80. The lowest BCUT2D eigenvalue weighted by Gasteiger charge is -2.28. The second kappa shape index (κ2) is 9.54. The van der Waals surface area contributed by atoms with Gasteiger partial charge in [-0.3, -0.25) is 9.48 Å². The summed E-state index contributed by atoms with van der Waals surface area (Å²) in [6, 6.07) is 8.46. The van der Waals surface area contributed by atoms with E-state index in [2.05, 4.69) is 25.7 Å². The number of aryl methyl sites for hydroxylation is 1. The number of aromatic nitrogens is 6. The summed E-state index contributed by atoms with van der Waals surface area (Å²) in [6.45, 7) is 3.87. The van der Waals surface area contributed by atoms with Crippen molar-refractivity contribution in [1.29, 1.82) is 0 Å². The maximum Gasteiger partial charge on any atom is 0.273 e. The summed E-state index contributed by atoms with van der Waals surface area (Å²) in [5, 5.41) is 16.7. The number of nitrogens with one attached hydrogen (secondary N) is 1. The van der Waals surface area contributed by atoms with Crippen LogP contribution in [0.4, 0.5) is 0 Å². The second-order valence-corrected chi connectivity index (χ2v) is 9.55. The minimum atomic E-state index is -0.707. The third kappa shape index (κ3) is 4.63. The van der Waals surface area contributed by atoms with Gasteiger partial charge in [-0.25, -0.2) is 9.67 Å². The molecule has 1 aromatic carbocycles. The number of rotatable bonds is 6. The number of carbonyl (C=O) groups excluding carboxylic acids is 1. The molecule has 1 N–H and O–H groups in total. The lowest BCUT2D eigenvalue weighted by Crippen LogP contribution is -2.40. The molecule has 0 saturated carbocycles. The van der Waals surface area contributed by atoms with Gasteiger partial charge < -0.3 is 5.32 Å². The summed E-state index contributed by atoms with van der Waals surface area (Å²) in [5.74, 6) is -0.415. The van der Waals surface area contributed by atoms with Crippen LogP contribution in [0.3, 0.4) is 0 Å². The van der Waals surface area contributed by atoms with Crippen molar-refractivity contribution >= 4 is 52.3 Å². The van der Waals surface area contributed by atoms with Crippen LogP contribution < -0.4 is 5.32 Å². The van der Waals surface area contributed by atoms with Gasteiger partial charge in [-0.2, -0.15) is 5.10 Å². The number of benzene rings is 1. The van der Waals surface area contributed by atoms with E-state index < -0.39 is 11.3 Å². The molecule has 4 rings (SSSR count). The summed E-state index contributed by atoms with van der Waals surface area (Å²) in [7, 11) is 1.82. The number of halogens is 4. The van der Waals surface area contributed by atoms with Crippen molar-refractivity contribution in [2.75, 3.05) is 6.54 Å². The van der Waals surface area contributed by atoms with Crippen LogP contribution in [0, 0.1) is 6.92 Å². The summed E-state index contributed by atoms with van der Waals surface area (Å²) in [5.41, 5.74) is 1.84. The maximum atomic E-state index is 13.1. The van der Waals surface area contributed by atoms with E-state index in [9.17, 15) is 4.79 Å². The van der Waals surface area contributed by atoms with Crippen LogP contribution in [0.15, 0.2) is 42.7 Å². The van der Waals surface area contributed by atoms with Gasteiger partial charge in [0.15, 0.2) is 5.69 Å². The molecule has 3 heterocycles. The fraction of sp³-hybridized carbons (Fsp3) is 0.227. The lowest BCUT2D eigenvalue weighted by molar-refractivity contribution is 0.0941. The van der Waals surface area contributed by atoms with Crippen LogP contribution in [0.25, 0.3) is 5.69 Å². The van der Waals surface area contributed by atoms with Crippen molar-refractivity contribution in [1.82, 2.24) is 35.1 Å². The Morgan fingerprint density at radius 3 is 2.47 bits per heavy atom. The van der Waals surface area contributed by atoms with E-state index in [0.29, 0.717) is 27.3 Å². The van der Waals surface area contributed by atoms with E-state index in [4.69, 9.17) is 46.4 Å². The molecule has 12 heteroatoms. The Balaban J connectivity index is 1.64. The molecule has 0 aliphatic carbocycles. The van der Waals surface area contributed by atoms with Crippen molar-refractivity contribution < 1.29 is 4.79 Å². The molecule has 1 amide bonds. The molecule has 1 atom stereocenters. The summed E-state index contributed by atoms with van der Waals surface area (Å²) >= 11 is 24.8. The molecule has 1 unspecified atom stereocenters. The molecule has 0 fully saturated rings. The highest BCUT2D eigenvalue weighted by Crippen LogP contribution is 2.33.